The monoisotopic (exact) mass is 424 g/mol. The van der Waals surface area contributed by atoms with E-state index in [0.29, 0.717) is 32.6 Å². The maximum absolute atomic E-state index is 13.2. The molecule has 2 aromatic carbocycles. The standard InChI is InChI=1S/C23H25FN4O3/c1-2-9-25-23(29)20-13-17-12-19(28(30)31)7-8-21(17)27-11-10-26(15-22(20)27)14-16-3-5-18(24)6-4-16/h2-8,12,20,22H,1,9-11,13-15H2,(H,25,29)/t20-,22-/m1/s1. The molecule has 0 radical (unpaired) electrons. The van der Waals surface area contributed by atoms with E-state index in [1.807, 2.05) is 0 Å². The molecular formula is C23H25FN4O3. The van der Waals surface area contributed by atoms with Gasteiger partial charge in [0.25, 0.3) is 5.69 Å². The first-order valence-corrected chi connectivity index (χ1v) is 10.4. The fourth-order valence-corrected chi connectivity index (χ4v) is 4.58. The fourth-order valence-electron chi connectivity index (χ4n) is 4.58. The fraction of sp³-hybridized carbons (Fsp3) is 0.348. The average molecular weight is 424 g/mol. The minimum absolute atomic E-state index is 0.0393. The molecule has 0 bridgehead atoms. The zero-order valence-electron chi connectivity index (χ0n) is 17.2. The quantitative estimate of drug-likeness (QED) is 0.438. The van der Waals surface area contributed by atoms with Gasteiger partial charge in [-0.25, -0.2) is 4.39 Å². The molecule has 0 unspecified atom stereocenters. The molecular weight excluding hydrogens is 399 g/mol. The largest absolute Gasteiger partial charge is 0.365 e. The van der Waals surface area contributed by atoms with Gasteiger partial charge in [0.15, 0.2) is 0 Å². The highest BCUT2D eigenvalue weighted by atomic mass is 19.1. The van der Waals surface area contributed by atoms with Crippen LogP contribution in [0, 0.1) is 21.8 Å². The van der Waals surface area contributed by atoms with Crippen LogP contribution >= 0.6 is 0 Å². The number of non-ortho nitro benzene ring substituents is 1. The predicted octanol–water partition coefficient (Wildman–Crippen LogP) is 2.90. The van der Waals surface area contributed by atoms with Crippen LogP contribution in [0.3, 0.4) is 0 Å². The number of rotatable bonds is 6. The van der Waals surface area contributed by atoms with Crippen molar-refractivity contribution in [3.8, 4) is 0 Å². The second-order valence-corrected chi connectivity index (χ2v) is 8.04. The van der Waals surface area contributed by atoms with E-state index >= 15 is 0 Å². The highest BCUT2D eigenvalue weighted by molar-refractivity contribution is 5.82. The number of nitrogens with zero attached hydrogens (tertiary/aromatic N) is 3. The number of carbonyl (C=O) groups excluding carboxylic acids is 1. The van der Waals surface area contributed by atoms with Gasteiger partial charge < -0.3 is 10.2 Å². The number of piperazine rings is 1. The lowest BCUT2D eigenvalue weighted by atomic mass is 9.83. The van der Waals surface area contributed by atoms with E-state index in [2.05, 4.69) is 21.7 Å². The molecule has 2 aliphatic heterocycles. The summed E-state index contributed by atoms with van der Waals surface area (Å²) in [6, 6.07) is 11.4. The number of anilines is 1. The van der Waals surface area contributed by atoms with Crippen LogP contribution in [0.4, 0.5) is 15.8 Å². The molecule has 1 amide bonds. The number of fused-ring (bicyclic) bond motifs is 3. The van der Waals surface area contributed by atoms with Gasteiger partial charge in [-0.1, -0.05) is 18.2 Å². The number of benzene rings is 2. The van der Waals surface area contributed by atoms with Crippen LogP contribution < -0.4 is 10.2 Å². The maximum Gasteiger partial charge on any atom is 0.269 e. The summed E-state index contributed by atoms with van der Waals surface area (Å²) in [5.74, 6) is -0.660. The molecule has 2 aromatic rings. The van der Waals surface area contributed by atoms with Crippen LogP contribution in [-0.4, -0.2) is 48.0 Å². The minimum Gasteiger partial charge on any atom is -0.365 e. The smallest absolute Gasteiger partial charge is 0.269 e. The first kappa shape index (κ1) is 21.0. The molecule has 0 saturated carbocycles. The first-order chi connectivity index (χ1) is 15.0. The number of hydrogen-bond donors (Lipinski definition) is 1. The van der Waals surface area contributed by atoms with Gasteiger partial charge in [-0.2, -0.15) is 0 Å². The number of nitro groups is 1. The predicted molar refractivity (Wildman–Crippen MR) is 116 cm³/mol. The van der Waals surface area contributed by atoms with Crippen molar-refractivity contribution < 1.29 is 14.1 Å². The highest BCUT2D eigenvalue weighted by Gasteiger charge is 2.41. The van der Waals surface area contributed by atoms with Crippen LogP contribution in [0.15, 0.2) is 55.1 Å². The Hall–Kier alpha value is -3.26. The van der Waals surface area contributed by atoms with Crippen LogP contribution in [0.1, 0.15) is 11.1 Å². The molecule has 7 nitrogen and oxygen atoms in total. The Kier molecular flexibility index (Phi) is 5.99. The number of hydrogen-bond acceptors (Lipinski definition) is 5. The minimum atomic E-state index is -0.403. The molecule has 2 heterocycles. The molecule has 1 fully saturated rings. The maximum atomic E-state index is 13.2. The normalized spacial score (nSPS) is 20.5. The molecule has 0 aromatic heterocycles. The Morgan fingerprint density at radius 3 is 2.74 bits per heavy atom. The third kappa shape index (κ3) is 4.44. The zero-order chi connectivity index (χ0) is 22.0. The number of carbonyl (C=O) groups is 1. The molecule has 4 rings (SSSR count). The van der Waals surface area contributed by atoms with Crippen LogP contribution in [-0.2, 0) is 17.8 Å². The first-order valence-electron chi connectivity index (χ1n) is 10.4. The number of nitrogens with one attached hydrogen (secondary N) is 1. The van der Waals surface area contributed by atoms with E-state index in [0.717, 1.165) is 23.4 Å². The van der Waals surface area contributed by atoms with Crippen molar-refractivity contribution >= 4 is 17.3 Å². The van der Waals surface area contributed by atoms with Gasteiger partial charge in [-0.3, -0.25) is 19.8 Å². The molecule has 1 N–H and O–H groups in total. The Morgan fingerprint density at radius 1 is 1.26 bits per heavy atom. The van der Waals surface area contributed by atoms with Crippen LogP contribution in [0.2, 0.25) is 0 Å². The Bertz CT molecular complexity index is 995. The topological polar surface area (TPSA) is 78.7 Å². The van der Waals surface area contributed by atoms with E-state index in [4.69, 9.17) is 0 Å². The van der Waals surface area contributed by atoms with Gasteiger partial charge in [-0.05, 0) is 35.7 Å². The Morgan fingerprint density at radius 2 is 2.03 bits per heavy atom. The van der Waals surface area contributed by atoms with Crippen molar-refractivity contribution in [2.24, 2.45) is 5.92 Å². The summed E-state index contributed by atoms with van der Waals surface area (Å²) in [5.41, 5.74) is 2.85. The molecule has 1 saturated heterocycles. The molecule has 8 heteroatoms. The van der Waals surface area contributed by atoms with Gasteiger partial charge in [0.1, 0.15) is 5.82 Å². The van der Waals surface area contributed by atoms with Crippen molar-refractivity contribution in [2.45, 2.75) is 19.0 Å². The number of amides is 1. The lowest BCUT2D eigenvalue weighted by Crippen LogP contribution is -2.60. The van der Waals surface area contributed by atoms with Gasteiger partial charge in [0, 0.05) is 50.5 Å². The van der Waals surface area contributed by atoms with Crippen LogP contribution in [0.25, 0.3) is 0 Å². The van der Waals surface area contributed by atoms with E-state index in [-0.39, 0.29) is 29.4 Å². The summed E-state index contributed by atoms with van der Waals surface area (Å²) in [5, 5.41) is 14.1. The van der Waals surface area contributed by atoms with Crippen molar-refractivity contribution in [2.75, 3.05) is 31.1 Å². The molecule has 162 valence electrons. The second-order valence-electron chi connectivity index (χ2n) is 8.04. The van der Waals surface area contributed by atoms with Gasteiger partial charge in [-0.15, -0.1) is 6.58 Å². The third-order valence-electron chi connectivity index (χ3n) is 6.07. The van der Waals surface area contributed by atoms with E-state index in [9.17, 15) is 19.3 Å². The van der Waals surface area contributed by atoms with E-state index < -0.39 is 4.92 Å². The molecule has 2 atom stereocenters. The molecule has 31 heavy (non-hydrogen) atoms. The summed E-state index contributed by atoms with van der Waals surface area (Å²) in [6.07, 6.45) is 2.09. The van der Waals surface area contributed by atoms with Gasteiger partial charge in [0.05, 0.1) is 16.9 Å². The van der Waals surface area contributed by atoms with Crippen molar-refractivity contribution in [1.82, 2.24) is 10.2 Å². The highest BCUT2D eigenvalue weighted by Crippen LogP contribution is 2.38. The molecule has 2 aliphatic rings. The number of halogens is 1. The third-order valence-corrected chi connectivity index (χ3v) is 6.07. The Balaban J connectivity index is 1.60. The van der Waals surface area contributed by atoms with Crippen molar-refractivity contribution in [3.05, 3.63) is 82.2 Å². The molecule has 0 spiro atoms. The lowest BCUT2D eigenvalue weighted by molar-refractivity contribution is -0.384. The van der Waals surface area contributed by atoms with E-state index in [1.54, 1.807) is 30.3 Å². The summed E-state index contributed by atoms with van der Waals surface area (Å²) < 4.78 is 13.2. The van der Waals surface area contributed by atoms with Crippen molar-refractivity contribution in [1.29, 1.82) is 0 Å². The second kappa shape index (κ2) is 8.85. The SMILES string of the molecule is C=CCNC(=O)[C@@H]1Cc2cc([N+](=O)[O-])ccc2N2CCN(Cc3ccc(F)cc3)C[C@H]12. The average Bonchev–Trinajstić information content (AvgIpc) is 2.77. The van der Waals surface area contributed by atoms with Gasteiger partial charge in [0.2, 0.25) is 5.91 Å². The summed E-state index contributed by atoms with van der Waals surface area (Å²) in [7, 11) is 0. The Labute approximate surface area is 180 Å². The number of nitro benzene ring substituents is 1. The van der Waals surface area contributed by atoms with E-state index in [1.165, 1.54) is 18.2 Å². The summed E-state index contributed by atoms with van der Waals surface area (Å²) in [4.78, 5) is 28.3. The van der Waals surface area contributed by atoms with Crippen LogP contribution in [0.5, 0.6) is 0 Å². The summed E-state index contributed by atoms with van der Waals surface area (Å²) >= 11 is 0. The van der Waals surface area contributed by atoms with Crippen molar-refractivity contribution in [3.63, 3.8) is 0 Å². The zero-order valence-corrected chi connectivity index (χ0v) is 17.2. The molecule has 0 aliphatic carbocycles. The van der Waals surface area contributed by atoms with Gasteiger partial charge >= 0.3 is 0 Å². The lowest BCUT2D eigenvalue weighted by Gasteiger charge is -2.49. The summed E-state index contributed by atoms with van der Waals surface area (Å²) in [6.45, 7) is 6.89.